The molecule has 0 aliphatic carbocycles. The van der Waals surface area contributed by atoms with E-state index in [4.69, 9.17) is 9.47 Å². The van der Waals surface area contributed by atoms with Crippen molar-refractivity contribution in [2.45, 2.75) is 18.3 Å². The summed E-state index contributed by atoms with van der Waals surface area (Å²) in [7, 11) is 3.36. The Kier molecular flexibility index (Phi) is 5.75. The SMILES string of the molecule is COc1cccc(C2(C(=O)c3ccccc3)CCN(c3ccccc3OC)CC2)c1. The molecule has 30 heavy (non-hydrogen) atoms. The van der Waals surface area contributed by atoms with E-state index >= 15 is 0 Å². The predicted molar refractivity (Wildman–Crippen MR) is 120 cm³/mol. The third-order valence-electron chi connectivity index (χ3n) is 6.14. The van der Waals surface area contributed by atoms with Gasteiger partial charge in [-0.25, -0.2) is 0 Å². The van der Waals surface area contributed by atoms with Crippen molar-refractivity contribution in [2.75, 3.05) is 32.2 Å². The maximum atomic E-state index is 13.8. The van der Waals surface area contributed by atoms with Crippen LogP contribution in [0.2, 0.25) is 0 Å². The van der Waals surface area contributed by atoms with E-state index in [9.17, 15) is 4.79 Å². The summed E-state index contributed by atoms with van der Waals surface area (Å²) in [6.07, 6.45) is 1.46. The number of piperidine rings is 1. The van der Waals surface area contributed by atoms with Crippen LogP contribution in [-0.2, 0) is 5.41 Å². The van der Waals surface area contributed by atoms with Gasteiger partial charge in [0.25, 0.3) is 0 Å². The number of Topliss-reactive ketones (excluding diaryl/α,β-unsaturated/α-hetero) is 1. The minimum Gasteiger partial charge on any atom is -0.497 e. The molecule has 0 atom stereocenters. The molecular formula is C26H27NO3. The molecule has 1 aliphatic rings. The molecule has 154 valence electrons. The summed E-state index contributed by atoms with van der Waals surface area (Å²) < 4.78 is 11.0. The van der Waals surface area contributed by atoms with Crippen LogP contribution >= 0.6 is 0 Å². The number of hydrogen-bond donors (Lipinski definition) is 0. The molecule has 1 heterocycles. The Morgan fingerprint density at radius 1 is 0.833 bits per heavy atom. The Labute approximate surface area is 178 Å². The van der Waals surface area contributed by atoms with Gasteiger partial charge in [-0.15, -0.1) is 0 Å². The lowest BCUT2D eigenvalue weighted by Crippen LogP contribution is -2.47. The van der Waals surface area contributed by atoms with Crippen LogP contribution in [-0.4, -0.2) is 33.1 Å². The second-order valence-electron chi connectivity index (χ2n) is 7.67. The molecule has 3 aromatic carbocycles. The molecule has 4 nitrogen and oxygen atoms in total. The smallest absolute Gasteiger partial charge is 0.173 e. The quantitative estimate of drug-likeness (QED) is 0.537. The summed E-state index contributed by atoms with van der Waals surface area (Å²) in [5, 5.41) is 0. The first-order chi connectivity index (χ1) is 14.7. The molecule has 0 radical (unpaired) electrons. The largest absolute Gasteiger partial charge is 0.497 e. The van der Waals surface area contributed by atoms with E-state index in [1.165, 1.54) is 0 Å². The zero-order chi connectivity index (χ0) is 21.0. The van der Waals surface area contributed by atoms with E-state index in [-0.39, 0.29) is 5.78 Å². The van der Waals surface area contributed by atoms with E-state index < -0.39 is 5.41 Å². The monoisotopic (exact) mass is 401 g/mol. The first-order valence-electron chi connectivity index (χ1n) is 10.3. The van der Waals surface area contributed by atoms with Gasteiger partial charge in [0.1, 0.15) is 11.5 Å². The first kappa shape index (κ1) is 20.0. The van der Waals surface area contributed by atoms with Crippen molar-refractivity contribution in [1.29, 1.82) is 0 Å². The van der Waals surface area contributed by atoms with Gasteiger partial charge in [0.05, 0.1) is 25.3 Å². The van der Waals surface area contributed by atoms with Crippen molar-refractivity contribution >= 4 is 11.5 Å². The van der Waals surface area contributed by atoms with Crippen LogP contribution in [0.25, 0.3) is 0 Å². The summed E-state index contributed by atoms with van der Waals surface area (Å²) in [6.45, 7) is 1.55. The molecule has 0 aromatic heterocycles. The van der Waals surface area contributed by atoms with Gasteiger partial charge in [-0.3, -0.25) is 4.79 Å². The number of rotatable bonds is 6. The number of ketones is 1. The molecule has 4 heteroatoms. The maximum Gasteiger partial charge on any atom is 0.173 e. The van der Waals surface area contributed by atoms with Crippen LogP contribution in [0.15, 0.2) is 78.9 Å². The second kappa shape index (κ2) is 8.62. The Bertz CT molecular complexity index is 1010. The fourth-order valence-corrected chi connectivity index (χ4v) is 4.45. The topological polar surface area (TPSA) is 38.8 Å². The number of carbonyl (C=O) groups excluding carboxylic acids is 1. The first-order valence-corrected chi connectivity index (χ1v) is 10.3. The number of anilines is 1. The van der Waals surface area contributed by atoms with Gasteiger partial charge < -0.3 is 14.4 Å². The number of ether oxygens (including phenoxy) is 2. The van der Waals surface area contributed by atoms with Crippen LogP contribution in [0.4, 0.5) is 5.69 Å². The van der Waals surface area contributed by atoms with Crippen LogP contribution in [0.1, 0.15) is 28.8 Å². The summed E-state index contributed by atoms with van der Waals surface area (Å²) >= 11 is 0. The van der Waals surface area contributed by atoms with Crippen LogP contribution in [0.5, 0.6) is 11.5 Å². The minimum absolute atomic E-state index is 0.177. The number of para-hydroxylation sites is 2. The van der Waals surface area contributed by atoms with Crippen molar-refractivity contribution in [1.82, 2.24) is 0 Å². The molecule has 1 saturated heterocycles. The summed E-state index contributed by atoms with van der Waals surface area (Å²) in [6, 6.07) is 25.7. The number of hydrogen-bond acceptors (Lipinski definition) is 4. The van der Waals surface area contributed by atoms with E-state index in [2.05, 4.69) is 17.0 Å². The normalized spacial score (nSPS) is 15.5. The van der Waals surface area contributed by atoms with E-state index in [0.29, 0.717) is 0 Å². The van der Waals surface area contributed by atoms with Crippen molar-refractivity contribution in [2.24, 2.45) is 0 Å². The lowest BCUT2D eigenvalue weighted by Gasteiger charge is -2.42. The lowest BCUT2D eigenvalue weighted by atomic mass is 9.68. The third kappa shape index (κ3) is 3.65. The van der Waals surface area contributed by atoms with Gasteiger partial charge in [0.15, 0.2) is 5.78 Å². The average molecular weight is 402 g/mol. The van der Waals surface area contributed by atoms with Crippen LogP contribution in [0.3, 0.4) is 0 Å². The van der Waals surface area contributed by atoms with Crippen LogP contribution < -0.4 is 14.4 Å². The summed E-state index contributed by atoms with van der Waals surface area (Å²) in [5.41, 5.74) is 2.28. The molecule has 4 rings (SSSR count). The summed E-state index contributed by atoms with van der Waals surface area (Å²) in [4.78, 5) is 16.1. The highest BCUT2D eigenvalue weighted by atomic mass is 16.5. The molecule has 0 N–H and O–H groups in total. The molecule has 1 aliphatic heterocycles. The molecule has 0 amide bonds. The molecule has 0 unspecified atom stereocenters. The van der Waals surface area contributed by atoms with E-state index in [1.807, 2.05) is 66.7 Å². The Balaban J connectivity index is 1.70. The van der Waals surface area contributed by atoms with Crippen molar-refractivity contribution in [3.63, 3.8) is 0 Å². The Morgan fingerprint density at radius 3 is 2.23 bits per heavy atom. The fraction of sp³-hybridized carbons (Fsp3) is 0.269. The highest BCUT2D eigenvalue weighted by Crippen LogP contribution is 2.42. The minimum atomic E-state index is -0.575. The molecule has 3 aromatic rings. The van der Waals surface area contributed by atoms with E-state index in [1.54, 1.807) is 14.2 Å². The van der Waals surface area contributed by atoms with Gasteiger partial charge in [-0.2, -0.15) is 0 Å². The lowest BCUT2D eigenvalue weighted by molar-refractivity contribution is 0.0854. The van der Waals surface area contributed by atoms with Crippen molar-refractivity contribution in [3.05, 3.63) is 90.0 Å². The predicted octanol–water partition coefficient (Wildman–Crippen LogP) is 5.12. The number of nitrogens with zero attached hydrogens (tertiary/aromatic N) is 1. The number of carbonyl (C=O) groups is 1. The molecule has 0 bridgehead atoms. The fourth-order valence-electron chi connectivity index (χ4n) is 4.45. The Morgan fingerprint density at radius 2 is 1.53 bits per heavy atom. The summed E-state index contributed by atoms with van der Waals surface area (Å²) in [5.74, 6) is 1.82. The molecule has 0 saturated carbocycles. The third-order valence-corrected chi connectivity index (χ3v) is 6.14. The van der Waals surface area contributed by atoms with Gasteiger partial charge >= 0.3 is 0 Å². The Hall–Kier alpha value is -3.27. The van der Waals surface area contributed by atoms with Gasteiger partial charge in [0.2, 0.25) is 0 Å². The van der Waals surface area contributed by atoms with Crippen molar-refractivity contribution < 1.29 is 14.3 Å². The van der Waals surface area contributed by atoms with Crippen LogP contribution in [0, 0.1) is 0 Å². The maximum absolute atomic E-state index is 13.8. The average Bonchev–Trinajstić information content (AvgIpc) is 2.84. The van der Waals surface area contributed by atoms with Gasteiger partial charge in [-0.05, 0) is 42.7 Å². The highest BCUT2D eigenvalue weighted by molar-refractivity contribution is 6.04. The van der Waals surface area contributed by atoms with Gasteiger partial charge in [0, 0.05) is 18.7 Å². The number of methoxy groups -OCH3 is 2. The zero-order valence-corrected chi connectivity index (χ0v) is 17.5. The van der Waals surface area contributed by atoms with Gasteiger partial charge in [-0.1, -0.05) is 54.6 Å². The van der Waals surface area contributed by atoms with E-state index in [0.717, 1.165) is 54.2 Å². The molecule has 1 fully saturated rings. The molecule has 0 spiro atoms. The standard InChI is InChI=1S/C26H27NO3/c1-29-22-12-8-11-21(19-22)26(25(28)20-9-4-3-5-10-20)15-17-27(18-16-26)23-13-6-7-14-24(23)30-2/h3-14,19H,15-18H2,1-2H3. The second-order valence-corrected chi connectivity index (χ2v) is 7.67. The molecular weight excluding hydrogens is 374 g/mol. The van der Waals surface area contributed by atoms with Crippen molar-refractivity contribution in [3.8, 4) is 11.5 Å². The highest BCUT2D eigenvalue weighted by Gasteiger charge is 2.43. The zero-order valence-electron chi connectivity index (χ0n) is 17.5. The number of benzene rings is 3.